The lowest BCUT2D eigenvalue weighted by atomic mass is 9.93. The van der Waals surface area contributed by atoms with Crippen LogP contribution in [-0.2, 0) is 11.3 Å². The lowest BCUT2D eigenvalue weighted by molar-refractivity contribution is -0.121. The summed E-state index contributed by atoms with van der Waals surface area (Å²) in [4.78, 5) is 29.3. The molecular weight excluding hydrogens is 496 g/mol. The first-order valence-corrected chi connectivity index (χ1v) is 12.6. The van der Waals surface area contributed by atoms with Gasteiger partial charge in [0.1, 0.15) is 46.1 Å². The predicted octanol–water partition coefficient (Wildman–Crippen LogP) is 5.15. The highest BCUT2D eigenvalue weighted by molar-refractivity contribution is 6.26. The van der Waals surface area contributed by atoms with Crippen molar-refractivity contribution in [3.05, 3.63) is 72.1 Å². The second-order valence-electron chi connectivity index (χ2n) is 9.80. The van der Waals surface area contributed by atoms with Crippen LogP contribution in [0.4, 0.5) is 5.69 Å². The molecule has 3 aromatic carbocycles. The van der Waals surface area contributed by atoms with E-state index in [9.17, 15) is 4.79 Å². The zero-order valence-electron chi connectivity index (χ0n) is 22.9. The normalized spacial score (nSPS) is 17.6. The number of aliphatic imine (C=N–C) groups is 1. The largest absolute Gasteiger partial charge is 0.497 e. The molecule has 1 aliphatic rings. The Morgan fingerprint density at radius 2 is 1.44 bits per heavy atom. The third kappa shape index (κ3) is 4.76. The van der Waals surface area contributed by atoms with Crippen LogP contribution in [0.1, 0.15) is 31.2 Å². The SMILES string of the molecule is COc1cc(CN=C2C(c3nc4ccccc4[nH]3)C(=O)C(C)(C)N2c2cc(OC)cc(OC)c2)cc(OC)c1. The van der Waals surface area contributed by atoms with Crippen molar-refractivity contribution in [2.75, 3.05) is 33.3 Å². The molecule has 202 valence electrons. The summed E-state index contributed by atoms with van der Waals surface area (Å²) in [5.41, 5.74) is 2.31. The van der Waals surface area contributed by atoms with Gasteiger partial charge in [0.05, 0.1) is 51.7 Å². The maximum atomic E-state index is 14.1. The maximum Gasteiger partial charge on any atom is 0.176 e. The maximum absolute atomic E-state index is 14.1. The van der Waals surface area contributed by atoms with Gasteiger partial charge in [0.25, 0.3) is 0 Å². The average Bonchev–Trinajstić information content (AvgIpc) is 3.46. The van der Waals surface area contributed by atoms with Crippen LogP contribution >= 0.6 is 0 Å². The van der Waals surface area contributed by atoms with E-state index in [1.54, 1.807) is 34.5 Å². The molecule has 0 bridgehead atoms. The number of rotatable bonds is 8. The molecule has 9 nitrogen and oxygen atoms in total. The van der Waals surface area contributed by atoms with E-state index in [0.717, 1.165) is 22.3 Å². The van der Waals surface area contributed by atoms with Crippen LogP contribution < -0.4 is 23.8 Å². The third-order valence-electron chi connectivity index (χ3n) is 7.02. The molecule has 2 heterocycles. The van der Waals surface area contributed by atoms with Crippen molar-refractivity contribution in [3.63, 3.8) is 0 Å². The number of nitrogens with one attached hydrogen (secondary N) is 1. The Bertz CT molecular complexity index is 1480. The minimum absolute atomic E-state index is 0.0229. The van der Waals surface area contributed by atoms with E-state index in [1.807, 2.05) is 73.3 Å². The molecule has 5 rings (SSSR count). The predicted molar refractivity (Wildman–Crippen MR) is 151 cm³/mol. The fourth-order valence-corrected chi connectivity index (χ4v) is 5.02. The molecule has 1 aromatic heterocycles. The Morgan fingerprint density at radius 1 is 0.872 bits per heavy atom. The second-order valence-corrected chi connectivity index (χ2v) is 9.80. The summed E-state index contributed by atoms with van der Waals surface area (Å²) >= 11 is 0. The van der Waals surface area contributed by atoms with Crippen molar-refractivity contribution < 1.29 is 23.7 Å². The van der Waals surface area contributed by atoms with Gasteiger partial charge in [-0.25, -0.2) is 4.98 Å². The number of ketones is 1. The summed E-state index contributed by atoms with van der Waals surface area (Å²) in [5, 5.41) is 0. The van der Waals surface area contributed by atoms with Crippen molar-refractivity contribution in [3.8, 4) is 23.0 Å². The molecule has 9 heteroatoms. The summed E-state index contributed by atoms with van der Waals surface area (Å²) in [6.45, 7) is 4.09. The fourth-order valence-electron chi connectivity index (χ4n) is 5.02. The number of para-hydroxylation sites is 2. The van der Waals surface area contributed by atoms with Gasteiger partial charge in [-0.3, -0.25) is 9.79 Å². The van der Waals surface area contributed by atoms with Crippen LogP contribution in [0.3, 0.4) is 0 Å². The minimum Gasteiger partial charge on any atom is -0.497 e. The summed E-state index contributed by atoms with van der Waals surface area (Å²) in [6, 6.07) is 18.9. The molecule has 39 heavy (non-hydrogen) atoms. The Hall–Kier alpha value is -4.53. The molecule has 4 aromatic rings. The number of aromatic amines is 1. The van der Waals surface area contributed by atoms with E-state index in [2.05, 4.69) is 4.98 Å². The highest BCUT2D eigenvalue weighted by Crippen LogP contribution is 2.43. The van der Waals surface area contributed by atoms with E-state index in [0.29, 0.717) is 41.2 Å². The smallest absolute Gasteiger partial charge is 0.176 e. The Labute approximate surface area is 227 Å². The lowest BCUT2D eigenvalue weighted by Gasteiger charge is -2.32. The molecule has 1 N–H and O–H groups in total. The number of Topliss-reactive ketones (excluding diaryl/α,β-unsaturated/α-hetero) is 1. The summed E-state index contributed by atoms with van der Waals surface area (Å²) in [5.74, 6) is 2.93. The summed E-state index contributed by atoms with van der Waals surface area (Å²) in [7, 11) is 6.42. The number of nitrogens with zero attached hydrogens (tertiary/aromatic N) is 3. The van der Waals surface area contributed by atoms with E-state index in [1.165, 1.54) is 0 Å². The molecule has 0 aliphatic carbocycles. The number of ether oxygens (including phenoxy) is 4. The topological polar surface area (TPSA) is 98.3 Å². The number of anilines is 1. The van der Waals surface area contributed by atoms with Crippen LogP contribution in [0.2, 0.25) is 0 Å². The van der Waals surface area contributed by atoms with Gasteiger partial charge in [-0.2, -0.15) is 0 Å². The molecule has 1 fully saturated rings. The van der Waals surface area contributed by atoms with Gasteiger partial charge in [0.15, 0.2) is 5.78 Å². The van der Waals surface area contributed by atoms with Gasteiger partial charge in [0.2, 0.25) is 0 Å². The number of amidine groups is 1. The zero-order chi connectivity index (χ0) is 27.7. The summed E-state index contributed by atoms with van der Waals surface area (Å²) < 4.78 is 22.0. The number of methoxy groups -OCH3 is 4. The van der Waals surface area contributed by atoms with Crippen molar-refractivity contribution in [2.24, 2.45) is 4.99 Å². The van der Waals surface area contributed by atoms with Gasteiger partial charge in [-0.05, 0) is 43.7 Å². The standard InChI is InChI=1S/C30H32N4O5/c1-30(2)27(35)26(28-32-24-9-7-8-10-25(24)33-28)29(31-17-18-11-20(36-3)15-21(12-18)37-4)34(30)19-13-22(38-5)16-23(14-19)39-6/h7-16,26H,17H2,1-6H3,(H,32,33). The van der Waals surface area contributed by atoms with Gasteiger partial charge in [-0.1, -0.05) is 12.1 Å². The summed E-state index contributed by atoms with van der Waals surface area (Å²) in [6.07, 6.45) is 0. The quantitative estimate of drug-likeness (QED) is 0.338. The fraction of sp³-hybridized carbons (Fsp3) is 0.300. The van der Waals surface area contributed by atoms with Crippen LogP contribution in [0, 0.1) is 0 Å². The zero-order valence-corrected chi connectivity index (χ0v) is 22.9. The van der Waals surface area contributed by atoms with Crippen molar-refractivity contribution in [1.29, 1.82) is 0 Å². The third-order valence-corrected chi connectivity index (χ3v) is 7.02. The lowest BCUT2D eigenvalue weighted by Crippen LogP contribution is -2.44. The van der Waals surface area contributed by atoms with Gasteiger partial charge >= 0.3 is 0 Å². The molecule has 0 amide bonds. The Morgan fingerprint density at radius 3 is 2.00 bits per heavy atom. The Kier molecular flexibility index (Phi) is 6.91. The van der Waals surface area contributed by atoms with E-state index >= 15 is 0 Å². The van der Waals surface area contributed by atoms with Crippen LogP contribution in [0.15, 0.2) is 65.7 Å². The first-order valence-electron chi connectivity index (χ1n) is 12.6. The second kappa shape index (κ2) is 10.3. The van der Waals surface area contributed by atoms with Crippen LogP contribution in [0.25, 0.3) is 11.0 Å². The number of carbonyl (C=O) groups is 1. The molecule has 0 spiro atoms. The first-order chi connectivity index (χ1) is 18.8. The number of hydrogen-bond donors (Lipinski definition) is 1. The number of fused-ring (bicyclic) bond motifs is 1. The first kappa shape index (κ1) is 26.1. The molecule has 1 saturated heterocycles. The van der Waals surface area contributed by atoms with Crippen molar-refractivity contribution >= 4 is 28.3 Å². The molecule has 1 unspecified atom stereocenters. The van der Waals surface area contributed by atoms with Crippen molar-refractivity contribution in [1.82, 2.24) is 9.97 Å². The molecule has 1 aliphatic heterocycles. The number of carbonyl (C=O) groups excluding carboxylic acids is 1. The molecule has 1 atom stereocenters. The van der Waals surface area contributed by atoms with Crippen molar-refractivity contribution in [2.45, 2.75) is 31.8 Å². The number of hydrogen-bond acceptors (Lipinski definition) is 7. The molecule has 0 saturated carbocycles. The van der Waals surface area contributed by atoms with Crippen LogP contribution in [-0.4, -0.2) is 55.6 Å². The monoisotopic (exact) mass is 528 g/mol. The van der Waals surface area contributed by atoms with Gasteiger partial charge in [-0.15, -0.1) is 0 Å². The minimum atomic E-state index is -0.939. The van der Waals surface area contributed by atoms with E-state index in [4.69, 9.17) is 28.9 Å². The number of H-pyrrole nitrogens is 1. The Balaban J connectivity index is 1.68. The van der Waals surface area contributed by atoms with Crippen LogP contribution in [0.5, 0.6) is 23.0 Å². The highest BCUT2D eigenvalue weighted by atomic mass is 16.5. The molecule has 0 radical (unpaired) electrons. The molecular formula is C30H32N4O5. The highest BCUT2D eigenvalue weighted by Gasteiger charge is 2.53. The number of imidazole rings is 1. The van der Waals surface area contributed by atoms with Gasteiger partial charge < -0.3 is 28.8 Å². The van der Waals surface area contributed by atoms with E-state index < -0.39 is 11.5 Å². The van der Waals surface area contributed by atoms with E-state index in [-0.39, 0.29) is 5.78 Å². The average molecular weight is 529 g/mol. The number of aromatic nitrogens is 2. The van der Waals surface area contributed by atoms with Gasteiger partial charge in [0, 0.05) is 24.3 Å². The number of benzene rings is 3.